The highest BCUT2D eigenvalue weighted by Gasteiger charge is 2.38. The van der Waals surface area contributed by atoms with E-state index in [9.17, 15) is 9.59 Å². The number of likely N-dealkylation sites (tertiary alicyclic amines) is 1. The van der Waals surface area contributed by atoms with Crippen LogP contribution in [0.2, 0.25) is 0 Å². The highest BCUT2D eigenvalue weighted by Crippen LogP contribution is 2.38. The van der Waals surface area contributed by atoms with Crippen LogP contribution in [0.3, 0.4) is 0 Å². The lowest BCUT2D eigenvalue weighted by Crippen LogP contribution is -2.46. The van der Waals surface area contributed by atoms with E-state index in [1.54, 1.807) is 4.90 Å². The van der Waals surface area contributed by atoms with Gasteiger partial charge in [0.1, 0.15) is 19.0 Å². The molecule has 170 valence electrons. The number of hydrogen-bond acceptors (Lipinski definition) is 6. The minimum Gasteiger partial charge on any atom is -0.445 e. The van der Waals surface area contributed by atoms with Crippen LogP contribution in [-0.2, 0) is 23.2 Å². The van der Waals surface area contributed by atoms with Crippen molar-refractivity contribution in [2.24, 2.45) is 0 Å². The molecule has 0 bridgehead atoms. The summed E-state index contributed by atoms with van der Waals surface area (Å²) in [6, 6.07) is 19.9. The first-order valence-electron chi connectivity index (χ1n) is 11.1. The van der Waals surface area contributed by atoms with E-state index in [1.165, 1.54) is 18.0 Å². The summed E-state index contributed by atoms with van der Waals surface area (Å²) in [5.74, 6) is 0.232. The summed E-state index contributed by atoms with van der Waals surface area (Å²) in [5.41, 5.74) is 2.22. The molecule has 1 amide bonds. The van der Waals surface area contributed by atoms with E-state index >= 15 is 0 Å². The average molecular weight is 446 g/mol. The molecule has 7 nitrogen and oxygen atoms in total. The van der Waals surface area contributed by atoms with Crippen molar-refractivity contribution in [3.8, 4) is 0 Å². The molecule has 2 aromatic carbocycles. The molecule has 33 heavy (non-hydrogen) atoms. The zero-order valence-electron chi connectivity index (χ0n) is 18.4. The second kappa shape index (κ2) is 10.4. The molecule has 0 radical (unpaired) electrons. The van der Waals surface area contributed by atoms with Crippen LogP contribution < -0.4 is 0 Å². The second-order valence-corrected chi connectivity index (χ2v) is 8.32. The number of piperidine rings is 1. The third-order valence-corrected chi connectivity index (χ3v) is 6.24. The molecular weight excluding hydrogens is 418 g/mol. The van der Waals surface area contributed by atoms with Gasteiger partial charge in [-0.25, -0.2) is 14.8 Å². The predicted molar refractivity (Wildman–Crippen MR) is 123 cm³/mol. The molecule has 1 aliphatic heterocycles. The summed E-state index contributed by atoms with van der Waals surface area (Å²) in [5, 5.41) is 9.03. The predicted octanol–water partition coefficient (Wildman–Crippen LogP) is 3.56. The summed E-state index contributed by atoms with van der Waals surface area (Å²) < 4.78 is 5.52. The van der Waals surface area contributed by atoms with Crippen molar-refractivity contribution in [1.29, 1.82) is 0 Å². The maximum Gasteiger partial charge on any atom is 0.410 e. The first kappa shape index (κ1) is 22.6. The van der Waals surface area contributed by atoms with E-state index in [2.05, 4.69) is 22.1 Å². The Morgan fingerprint density at radius 1 is 0.939 bits per heavy atom. The Balaban J connectivity index is 1.45. The van der Waals surface area contributed by atoms with Gasteiger partial charge < -0.3 is 14.7 Å². The Morgan fingerprint density at radius 2 is 1.55 bits per heavy atom. The van der Waals surface area contributed by atoms with Gasteiger partial charge in [0.25, 0.3) is 0 Å². The van der Waals surface area contributed by atoms with Gasteiger partial charge in [-0.3, -0.25) is 4.79 Å². The topological polar surface area (TPSA) is 92.6 Å². The van der Waals surface area contributed by atoms with Crippen LogP contribution in [-0.4, -0.2) is 51.5 Å². The third kappa shape index (κ3) is 5.43. The van der Waals surface area contributed by atoms with E-state index in [4.69, 9.17) is 9.84 Å². The van der Waals surface area contributed by atoms with Gasteiger partial charge >= 0.3 is 6.09 Å². The Morgan fingerprint density at radius 3 is 2.15 bits per heavy atom. The third-order valence-electron chi connectivity index (χ3n) is 6.24. The molecule has 1 aromatic heterocycles. The normalized spacial score (nSPS) is 15.1. The monoisotopic (exact) mass is 445 g/mol. The van der Waals surface area contributed by atoms with Crippen LogP contribution in [0.4, 0.5) is 4.79 Å². The number of ether oxygens (including phenoxy) is 1. The number of ketones is 1. The smallest absolute Gasteiger partial charge is 0.410 e. The molecule has 0 aliphatic carbocycles. The van der Waals surface area contributed by atoms with Crippen molar-refractivity contribution in [1.82, 2.24) is 14.9 Å². The van der Waals surface area contributed by atoms with Crippen molar-refractivity contribution >= 4 is 11.9 Å². The lowest BCUT2D eigenvalue weighted by Gasteiger charge is -2.41. The molecule has 2 heterocycles. The van der Waals surface area contributed by atoms with Crippen molar-refractivity contribution in [2.45, 2.75) is 31.3 Å². The van der Waals surface area contributed by atoms with Gasteiger partial charge in [-0.05, 0) is 24.0 Å². The molecular formula is C26H27N3O4. The van der Waals surface area contributed by atoms with Crippen molar-refractivity contribution in [2.75, 3.05) is 19.7 Å². The molecule has 1 saturated heterocycles. The number of hydrogen-bond donors (Lipinski definition) is 1. The largest absolute Gasteiger partial charge is 0.445 e. The van der Waals surface area contributed by atoms with Crippen LogP contribution in [0.15, 0.2) is 73.1 Å². The van der Waals surface area contributed by atoms with Crippen molar-refractivity contribution in [3.05, 3.63) is 95.6 Å². The van der Waals surface area contributed by atoms with Crippen LogP contribution in [0.1, 0.15) is 40.2 Å². The number of rotatable bonds is 7. The van der Waals surface area contributed by atoms with Crippen LogP contribution >= 0.6 is 0 Å². The van der Waals surface area contributed by atoms with Crippen LogP contribution in [0.25, 0.3) is 0 Å². The SMILES string of the molecule is O=C(CO)c1cnc(CC2(c3ccccc3)CCN(C(=O)OCc3ccccc3)CC2)nc1. The summed E-state index contributed by atoms with van der Waals surface area (Å²) >= 11 is 0. The molecule has 1 aliphatic rings. The maximum atomic E-state index is 12.6. The second-order valence-electron chi connectivity index (χ2n) is 8.32. The quantitative estimate of drug-likeness (QED) is 0.559. The highest BCUT2D eigenvalue weighted by atomic mass is 16.6. The Kier molecular flexibility index (Phi) is 7.10. The van der Waals surface area contributed by atoms with E-state index < -0.39 is 12.4 Å². The first-order chi connectivity index (χ1) is 16.1. The molecule has 0 unspecified atom stereocenters. The summed E-state index contributed by atoms with van der Waals surface area (Å²) in [7, 11) is 0. The Bertz CT molecular complexity index is 1060. The molecule has 3 aromatic rings. The highest BCUT2D eigenvalue weighted by molar-refractivity contribution is 5.96. The molecule has 0 saturated carbocycles. The first-order valence-corrected chi connectivity index (χ1v) is 11.1. The Labute approximate surface area is 193 Å². The standard InChI is InChI=1S/C26H27N3O4/c30-18-23(31)21-16-27-24(28-17-21)15-26(22-9-5-2-6-10-22)11-13-29(14-12-26)25(32)33-19-20-7-3-1-4-8-20/h1-10,16-17,30H,11-15,18-19H2. The van der Waals surface area contributed by atoms with E-state index in [0.717, 1.165) is 18.4 Å². The lowest BCUT2D eigenvalue weighted by atomic mass is 9.70. The van der Waals surface area contributed by atoms with Crippen molar-refractivity contribution in [3.63, 3.8) is 0 Å². The van der Waals surface area contributed by atoms with E-state index in [0.29, 0.717) is 30.9 Å². The number of aromatic nitrogens is 2. The number of amides is 1. The molecule has 7 heteroatoms. The summed E-state index contributed by atoms with van der Waals surface area (Å²) in [6.45, 7) is 0.840. The van der Waals surface area contributed by atoms with Gasteiger partial charge in [-0.1, -0.05) is 60.7 Å². The molecule has 1 N–H and O–H groups in total. The fourth-order valence-corrected chi connectivity index (χ4v) is 4.27. The van der Waals surface area contributed by atoms with Gasteiger partial charge in [0, 0.05) is 37.3 Å². The van der Waals surface area contributed by atoms with E-state index in [-0.39, 0.29) is 18.1 Å². The zero-order chi connectivity index (χ0) is 23.1. The number of nitrogens with zero attached hydrogens (tertiary/aromatic N) is 3. The van der Waals surface area contributed by atoms with Crippen LogP contribution in [0, 0.1) is 0 Å². The lowest BCUT2D eigenvalue weighted by molar-refractivity contribution is 0.0768. The number of aliphatic hydroxyl groups excluding tert-OH is 1. The van der Waals surface area contributed by atoms with Gasteiger partial charge in [0.2, 0.25) is 0 Å². The number of carbonyl (C=O) groups is 2. The number of carbonyl (C=O) groups excluding carboxylic acids is 2. The fraction of sp³-hybridized carbons (Fsp3) is 0.308. The minimum absolute atomic E-state index is 0.222. The average Bonchev–Trinajstić information content (AvgIpc) is 2.89. The van der Waals surface area contributed by atoms with Crippen LogP contribution in [0.5, 0.6) is 0 Å². The number of Topliss-reactive ketones (excluding diaryl/α,β-unsaturated/α-hetero) is 1. The molecule has 0 atom stereocenters. The minimum atomic E-state index is -0.563. The molecule has 0 spiro atoms. The molecule has 1 fully saturated rings. The Hall–Kier alpha value is -3.58. The van der Waals surface area contributed by atoms with Gasteiger partial charge in [0.05, 0.1) is 5.56 Å². The number of aliphatic hydroxyl groups is 1. The maximum absolute atomic E-state index is 12.6. The summed E-state index contributed by atoms with van der Waals surface area (Å²) in [6.07, 6.45) is 4.72. The van der Waals surface area contributed by atoms with Gasteiger partial charge in [-0.15, -0.1) is 0 Å². The summed E-state index contributed by atoms with van der Waals surface area (Å²) in [4.78, 5) is 34.8. The fourth-order valence-electron chi connectivity index (χ4n) is 4.27. The van der Waals surface area contributed by atoms with Gasteiger partial charge in [-0.2, -0.15) is 0 Å². The van der Waals surface area contributed by atoms with Crippen molar-refractivity contribution < 1.29 is 19.4 Å². The van der Waals surface area contributed by atoms with E-state index in [1.807, 2.05) is 48.5 Å². The number of benzene rings is 2. The van der Waals surface area contributed by atoms with Gasteiger partial charge in [0.15, 0.2) is 5.78 Å². The molecule has 4 rings (SSSR count). The zero-order valence-corrected chi connectivity index (χ0v) is 18.4.